The number of hydrogen-bond donors (Lipinski definition) is 1. The molecule has 1 heterocycles. The Kier molecular flexibility index (Phi) is 4.53. The second-order valence-corrected chi connectivity index (χ2v) is 4.47. The summed E-state index contributed by atoms with van der Waals surface area (Å²) in [5.41, 5.74) is 2.60. The Bertz CT molecular complexity index is 489. The summed E-state index contributed by atoms with van der Waals surface area (Å²) in [6.07, 6.45) is 0.943. The van der Waals surface area contributed by atoms with Crippen LogP contribution in [0.3, 0.4) is 0 Å². The van der Waals surface area contributed by atoms with Crippen molar-refractivity contribution in [1.82, 2.24) is 8.75 Å². The molecule has 0 radical (unpaired) electrons. The van der Waals surface area contributed by atoms with E-state index in [9.17, 15) is 0 Å². The number of ether oxygens (including phenoxy) is 1. The van der Waals surface area contributed by atoms with Crippen LogP contribution < -0.4 is 5.32 Å². The molecule has 2 rings (SSSR count). The van der Waals surface area contributed by atoms with E-state index < -0.39 is 0 Å². The van der Waals surface area contributed by atoms with Crippen LogP contribution in [0.5, 0.6) is 0 Å². The number of nitrogens with zero attached hydrogens (tertiary/aromatic N) is 2. The summed E-state index contributed by atoms with van der Waals surface area (Å²) in [7, 11) is 0. The first-order valence-electron chi connectivity index (χ1n) is 5.55. The molecule has 2 aromatic rings. The molecule has 0 saturated carbocycles. The molecule has 1 N–H and O–H groups in total. The highest BCUT2D eigenvalue weighted by Gasteiger charge is 2.08. The second-order valence-electron chi connectivity index (χ2n) is 3.53. The maximum atomic E-state index is 6.14. The summed E-state index contributed by atoms with van der Waals surface area (Å²) in [4.78, 5) is 0. The van der Waals surface area contributed by atoms with E-state index >= 15 is 0 Å². The van der Waals surface area contributed by atoms with Gasteiger partial charge in [-0.15, -0.1) is 0 Å². The zero-order valence-corrected chi connectivity index (χ0v) is 11.1. The largest absolute Gasteiger partial charge is 0.382 e. The molecule has 0 aliphatic heterocycles. The van der Waals surface area contributed by atoms with Crippen LogP contribution in [0.25, 0.3) is 11.0 Å². The highest BCUT2D eigenvalue weighted by atomic mass is 35.5. The van der Waals surface area contributed by atoms with Gasteiger partial charge >= 0.3 is 0 Å². The first-order chi connectivity index (χ1) is 8.33. The third-order valence-corrected chi connectivity index (χ3v) is 3.21. The van der Waals surface area contributed by atoms with E-state index in [2.05, 4.69) is 14.1 Å². The van der Waals surface area contributed by atoms with Gasteiger partial charge in [-0.3, -0.25) is 0 Å². The Balaban J connectivity index is 2.02. The van der Waals surface area contributed by atoms with Crippen LogP contribution in [-0.2, 0) is 4.74 Å². The zero-order chi connectivity index (χ0) is 12.1. The van der Waals surface area contributed by atoms with E-state index in [-0.39, 0.29) is 0 Å². The maximum absolute atomic E-state index is 6.14. The van der Waals surface area contributed by atoms with E-state index in [4.69, 9.17) is 16.3 Å². The van der Waals surface area contributed by atoms with Crippen LogP contribution in [-0.4, -0.2) is 28.5 Å². The van der Waals surface area contributed by atoms with E-state index in [0.717, 1.165) is 42.9 Å². The number of hydrogen-bond acceptors (Lipinski definition) is 5. The third kappa shape index (κ3) is 3.06. The Labute approximate surface area is 109 Å². The highest BCUT2D eigenvalue weighted by molar-refractivity contribution is 7.00. The standard InChI is InChI=1S/C11H14ClN3OS/c1-2-16-7-3-6-13-10-8(12)4-5-9-11(10)15-17-14-9/h4-5,13H,2-3,6-7H2,1H3. The van der Waals surface area contributed by atoms with Gasteiger partial charge < -0.3 is 10.1 Å². The summed E-state index contributed by atoms with van der Waals surface area (Å²) in [5.74, 6) is 0. The first kappa shape index (κ1) is 12.5. The predicted octanol–water partition coefficient (Wildman–Crippen LogP) is 3.18. The molecule has 0 saturated heterocycles. The first-order valence-corrected chi connectivity index (χ1v) is 6.66. The number of nitrogens with one attached hydrogen (secondary N) is 1. The topological polar surface area (TPSA) is 47.0 Å². The molecule has 0 atom stereocenters. The minimum absolute atomic E-state index is 0.682. The minimum Gasteiger partial charge on any atom is -0.382 e. The molecule has 0 unspecified atom stereocenters. The molecule has 1 aromatic heterocycles. The lowest BCUT2D eigenvalue weighted by atomic mass is 10.2. The maximum Gasteiger partial charge on any atom is 0.129 e. The predicted molar refractivity (Wildman–Crippen MR) is 72.0 cm³/mol. The van der Waals surface area contributed by atoms with Gasteiger partial charge in [0.15, 0.2) is 0 Å². The van der Waals surface area contributed by atoms with Gasteiger partial charge in [-0.05, 0) is 25.5 Å². The van der Waals surface area contributed by atoms with E-state index in [1.54, 1.807) is 0 Å². The van der Waals surface area contributed by atoms with Crippen LogP contribution in [0.4, 0.5) is 5.69 Å². The molecule has 0 bridgehead atoms. The van der Waals surface area contributed by atoms with Gasteiger partial charge in [-0.2, -0.15) is 8.75 Å². The molecule has 6 heteroatoms. The fraction of sp³-hybridized carbons (Fsp3) is 0.455. The molecule has 0 spiro atoms. The van der Waals surface area contributed by atoms with Crippen molar-refractivity contribution in [2.24, 2.45) is 0 Å². The summed E-state index contributed by atoms with van der Waals surface area (Å²) < 4.78 is 13.7. The Morgan fingerprint density at radius 3 is 3.12 bits per heavy atom. The van der Waals surface area contributed by atoms with Crippen molar-refractivity contribution >= 4 is 40.0 Å². The summed E-state index contributed by atoms with van der Waals surface area (Å²) in [6, 6.07) is 3.72. The number of fused-ring (bicyclic) bond motifs is 1. The second kappa shape index (κ2) is 6.14. The minimum atomic E-state index is 0.682. The fourth-order valence-corrected chi connectivity index (χ4v) is 2.29. The normalized spacial score (nSPS) is 10.9. The van der Waals surface area contributed by atoms with Gasteiger partial charge in [-0.25, -0.2) is 0 Å². The van der Waals surface area contributed by atoms with Crippen LogP contribution in [0, 0.1) is 0 Å². The van der Waals surface area contributed by atoms with Gasteiger partial charge in [0.25, 0.3) is 0 Å². The SMILES string of the molecule is CCOCCCNc1c(Cl)ccc2nsnc12. The average molecular weight is 272 g/mol. The van der Waals surface area contributed by atoms with Gasteiger partial charge in [0.05, 0.1) is 22.4 Å². The van der Waals surface area contributed by atoms with Crippen molar-refractivity contribution in [2.45, 2.75) is 13.3 Å². The lowest BCUT2D eigenvalue weighted by Gasteiger charge is -2.08. The van der Waals surface area contributed by atoms with Crippen molar-refractivity contribution in [3.63, 3.8) is 0 Å². The average Bonchev–Trinajstić information content (AvgIpc) is 2.79. The van der Waals surface area contributed by atoms with Crippen LogP contribution >= 0.6 is 23.3 Å². The Hall–Kier alpha value is -0.910. The molecular weight excluding hydrogens is 258 g/mol. The van der Waals surface area contributed by atoms with Crippen molar-refractivity contribution in [3.8, 4) is 0 Å². The molecule has 0 aliphatic rings. The van der Waals surface area contributed by atoms with E-state index in [1.807, 2.05) is 19.1 Å². The highest BCUT2D eigenvalue weighted by Crippen LogP contribution is 2.29. The van der Waals surface area contributed by atoms with Crippen LogP contribution in [0.1, 0.15) is 13.3 Å². The molecule has 0 fully saturated rings. The number of halogens is 1. The Morgan fingerprint density at radius 2 is 2.29 bits per heavy atom. The van der Waals surface area contributed by atoms with Gasteiger partial charge in [-0.1, -0.05) is 11.6 Å². The van der Waals surface area contributed by atoms with Crippen molar-refractivity contribution in [3.05, 3.63) is 17.2 Å². The van der Waals surface area contributed by atoms with Crippen molar-refractivity contribution < 1.29 is 4.74 Å². The van der Waals surface area contributed by atoms with Gasteiger partial charge in [0, 0.05) is 19.8 Å². The van der Waals surface area contributed by atoms with Gasteiger partial charge in [0.1, 0.15) is 11.0 Å². The van der Waals surface area contributed by atoms with E-state index in [1.165, 1.54) is 11.7 Å². The molecule has 1 aromatic carbocycles. The summed E-state index contributed by atoms with van der Waals surface area (Å²) in [6.45, 7) is 4.32. The third-order valence-electron chi connectivity index (χ3n) is 2.35. The van der Waals surface area contributed by atoms with Crippen LogP contribution in [0.15, 0.2) is 12.1 Å². The van der Waals surface area contributed by atoms with Gasteiger partial charge in [0.2, 0.25) is 0 Å². The number of rotatable bonds is 6. The lowest BCUT2D eigenvalue weighted by molar-refractivity contribution is 0.147. The molecular formula is C11H14ClN3OS. The number of aromatic nitrogens is 2. The zero-order valence-electron chi connectivity index (χ0n) is 9.57. The van der Waals surface area contributed by atoms with Crippen molar-refractivity contribution in [2.75, 3.05) is 25.1 Å². The summed E-state index contributed by atoms with van der Waals surface area (Å²) >= 11 is 7.34. The molecule has 0 amide bonds. The molecule has 17 heavy (non-hydrogen) atoms. The van der Waals surface area contributed by atoms with Crippen molar-refractivity contribution in [1.29, 1.82) is 0 Å². The van der Waals surface area contributed by atoms with Crippen LogP contribution in [0.2, 0.25) is 5.02 Å². The fourth-order valence-electron chi connectivity index (χ4n) is 1.53. The summed E-state index contributed by atoms with van der Waals surface area (Å²) in [5, 5.41) is 3.98. The lowest BCUT2D eigenvalue weighted by Crippen LogP contribution is -2.06. The Morgan fingerprint density at radius 1 is 1.41 bits per heavy atom. The smallest absolute Gasteiger partial charge is 0.129 e. The molecule has 4 nitrogen and oxygen atoms in total. The van der Waals surface area contributed by atoms with E-state index in [0.29, 0.717) is 5.02 Å². The molecule has 0 aliphatic carbocycles. The number of anilines is 1. The quantitative estimate of drug-likeness (QED) is 0.820. The number of benzene rings is 1. The monoisotopic (exact) mass is 271 g/mol. The molecule has 92 valence electrons.